The zero-order valence-corrected chi connectivity index (χ0v) is 26.2. The summed E-state index contributed by atoms with van der Waals surface area (Å²) >= 11 is -2.05. The summed E-state index contributed by atoms with van der Waals surface area (Å²) in [7, 11) is 0. The van der Waals surface area contributed by atoms with Gasteiger partial charge in [0.2, 0.25) is 0 Å². The second-order valence-electron chi connectivity index (χ2n) is 9.93. The largest absolute Gasteiger partial charge is 0 e. The molecule has 2 heterocycles. The number of ketones is 1. The van der Waals surface area contributed by atoms with Crippen LogP contribution in [-0.2, 0) is 24.9 Å². The number of aryl methyl sites for hydroxylation is 3. The van der Waals surface area contributed by atoms with E-state index in [1.807, 2.05) is 12.4 Å². The Labute approximate surface area is 224 Å². The minimum atomic E-state index is -2.05. The molecule has 0 saturated heterocycles. The Hall–Kier alpha value is -2.34. The van der Waals surface area contributed by atoms with Crippen molar-refractivity contribution >= 4 is 45.1 Å². The number of allylic oxidation sites excluding steroid dienone is 2. The van der Waals surface area contributed by atoms with E-state index < -0.39 is 13.3 Å². The zero-order chi connectivity index (χ0) is 25.2. The maximum atomic E-state index is 10.0. The summed E-state index contributed by atoms with van der Waals surface area (Å²) in [6.45, 7) is 9.27. The van der Waals surface area contributed by atoms with Crippen molar-refractivity contribution in [3.05, 3.63) is 77.3 Å². The van der Waals surface area contributed by atoms with Crippen LogP contribution in [-0.4, -0.2) is 34.1 Å². The first-order valence-corrected chi connectivity index (χ1v) is 18.8. The monoisotopic (exact) mass is 708 g/mol. The van der Waals surface area contributed by atoms with E-state index in [4.69, 9.17) is 15.1 Å². The first-order chi connectivity index (χ1) is 15.9. The van der Waals surface area contributed by atoms with Crippen LogP contribution < -0.4 is 4.40 Å². The SMILES string of the molecule is CC(=O)/C=C(/C)O.Cc1[c-]c(-c2nccc3c2cnc2[c]([Ge]([CH3])([CH3])[CH3])c(C)ccc23)cc(C)c1.[Ir]. The van der Waals surface area contributed by atoms with Crippen LogP contribution in [0.2, 0.25) is 17.3 Å². The van der Waals surface area contributed by atoms with Gasteiger partial charge in [-0.15, -0.1) is 0 Å². The molecule has 35 heavy (non-hydrogen) atoms. The third-order valence-electron chi connectivity index (χ3n) is 5.55. The van der Waals surface area contributed by atoms with E-state index >= 15 is 0 Å². The summed E-state index contributed by atoms with van der Waals surface area (Å²) in [6, 6.07) is 14.4. The molecule has 1 N–H and O–H groups in total. The van der Waals surface area contributed by atoms with Crippen molar-refractivity contribution < 1.29 is 30.0 Å². The second-order valence-corrected chi connectivity index (χ2v) is 20.4. The average molecular weight is 706 g/mol. The Bertz CT molecular complexity index is 1400. The van der Waals surface area contributed by atoms with Crippen LogP contribution in [0.1, 0.15) is 30.5 Å². The maximum Gasteiger partial charge on any atom is 0 e. The number of benzene rings is 2. The van der Waals surface area contributed by atoms with Gasteiger partial charge in [-0.2, -0.15) is 0 Å². The van der Waals surface area contributed by atoms with Gasteiger partial charge < -0.3 is 5.11 Å². The molecule has 185 valence electrons. The van der Waals surface area contributed by atoms with Gasteiger partial charge in [-0.1, -0.05) is 0 Å². The summed E-state index contributed by atoms with van der Waals surface area (Å²) < 4.78 is 1.51. The number of aliphatic hydroxyl groups is 1. The number of fused-ring (bicyclic) bond motifs is 3. The summed E-state index contributed by atoms with van der Waals surface area (Å²) in [5, 5.41) is 11.9. The summed E-state index contributed by atoms with van der Waals surface area (Å²) in [6.07, 6.45) is 5.10. The third kappa shape index (κ3) is 6.87. The fraction of sp³-hybridized carbons (Fsp3) is 0.276. The molecule has 0 saturated carbocycles. The van der Waals surface area contributed by atoms with E-state index in [0.29, 0.717) is 0 Å². The topological polar surface area (TPSA) is 63.1 Å². The van der Waals surface area contributed by atoms with Crippen LogP contribution in [0.15, 0.2) is 54.6 Å². The van der Waals surface area contributed by atoms with Crippen LogP contribution in [0.4, 0.5) is 0 Å². The van der Waals surface area contributed by atoms with Crippen LogP contribution in [0.25, 0.3) is 32.9 Å². The normalized spacial score (nSPS) is 11.6. The number of pyridine rings is 2. The second kappa shape index (κ2) is 11.6. The first-order valence-electron chi connectivity index (χ1n) is 11.4. The van der Waals surface area contributed by atoms with E-state index in [1.165, 1.54) is 51.7 Å². The Kier molecular flexibility index (Phi) is 9.58. The third-order valence-corrected chi connectivity index (χ3v) is 10.0. The number of hydrogen-bond acceptors (Lipinski definition) is 4. The fourth-order valence-corrected chi connectivity index (χ4v) is 9.06. The molecule has 6 heteroatoms. The van der Waals surface area contributed by atoms with Crippen LogP contribution in [0, 0.1) is 26.8 Å². The Morgan fingerprint density at radius 1 is 0.971 bits per heavy atom. The van der Waals surface area contributed by atoms with Gasteiger partial charge in [-0.3, -0.25) is 4.79 Å². The molecule has 0 aliphatic rings. The van der Waals surface area contributed by atoms with Crippen molar-refractivity contribution in [2.75, 3.05) is 0 Å². The number of aromatic nitrogens is 2. The molecule has 0 amide bonds. The molecule has 0 aliphatic heterocycles. The van der Waals surface area contributed by atoms with Gasteiger partial charge in [-0.25, -0.2) is 0 Å². The quantitative estimate of drug-likeness (QED) is 0.0842. The molecule has 0 aliphatic carbocycles. The van der Waals surface area contributed by atoms with Crippen molar-refractivity contribution in [3.8, 4) is 11.3 Å². The summed E-state index contributed by atoms with van der Waals surface area (Å²) in [5.41, 5.74) is 6.92. The van der Waals surface area contributed by atoms with Crippen LogP contribution >= 0.6 is 0 Å². The van der Waals surface area contributed by atoms with E-state index in [-0.39, 0.29) is 31.6 Å². The van der Waals surface area contributed by atoms with Gasteiger partial charge in [-0.05, 0) is 13.8 Å². The van der Waals surface area contributed by atoms with Crippen molar-refractivity contribution in [2.24, 2.45) is 0 Å². The zero-order valence-electron chi connectivity index (χ0n) is 21.7. The van der Waals surface area contributed by atoms with Crippen molar-refractivity contribution in [1.82, 2.24) is 9.97 Å². The Morgan fingerprint density at radius 2 is 1.66 bits per heavy atom. The van der Waals surface area contributed by atoms with E-state index in [2.05, 4.69) is 74.4 Å². The minimum Gasteiger partial charge on any atom is 0 e. The first kappa shape index (κ1) is 28.9. The molecule has 1 radical (unpaired) electrons. The van der Waals surface area contributed by atoms with Gasteiger partial charge in [0.1, 0.15) is 0 Å². The fourth-order valence-electron chi connectivity index (χ4n) is 4.49. The Balaban J connectivity index is 0.000000476. The molecule has 2 aromatic heterocycles. The molecule has 4 aromatic rings. The van der Waals surface area contributed by atoms with Crippen molar-refractivity contribution in [3.63, 3.8) is 0 Å². The molecule has 0 fully saturated rings. The summed E-state index contributed by atoms with van der Waals surface area (Å²) in [5.74, 6) is 7.26. The van der Waals surface area contributed by atoms with Gasteiger partial charge in [0.15, 0.2) is 5.78 Å². The van der Waals surface area contributed by atoms with E-state index in [0.717, 1.165) is 22.2 Å². The maximum absolute atomic E-state index is 10.0. The molecule has 4 nitrogen and oxygen atoms in total. The molecular formula is C29H33GeIrN2O2-. The number of rotatable bonds is 3. The van der Waals surface area contributed by atoms with Crippen molar-refractivity contribution in [1.29, 1.82) is 0 Å². The van der Waals surface area contributed by atoms with Crippen LogP contribution in [0.5, 0.6) is 0 Å². The smallest absolute Gasteiger partial charge is 0 e. The molecule has 0 unspecified atom stereocenters. The molecule has 2 aromatic carbocycles. The molecule has 0 bridgehead atoms. The van der Waals surface area contributed by atoms with Gasteiger partial charge in [0.05, 0.1) is 5.76 Å². The Morgan fingerprint density at radius 3 is 2.20 bits per heavy atom. The molecular weight excluding hydrogens is 673 g/mol. The van der Waals surface area contributed by atoms with Gasteiger partial charge in [0.25, 0.3) is 0 Å². The summed E-state index contributed by atoms with van der Waals surface area (Å²) in [4.78, 5) is 19.7. The average Bonchev–Trinajstić information content (AvgIpc) is 2.70. The molecule has 0 spiro atoms. The van der Waals surface area contributed by atoms with Crippen LogP contribution in [0.3, 0.4) is 0 Å². The number of carbonyl (C=O) groups excluding carboxylic acids is 1. The van der Waals surface area contributed by atoms with Gasteiger partial charge in [0, 0.05) is 26.2 Å². The number of aliphatic hydroxyl groups excluding tert-OH is 1. The number of hydrogen-bond donors (Lipinski definition) is 1. The number of carbonyl (C=O) groups is 1. The predicted molar refractivity (Wildman–Crippen MR) is 146 cm³/mol. The predicted octanol–water partition coefficient (Wildman–Crippen LogP) is 6.76. The van der Waals surface area contributed by atoms with Gasteiger partial charge >= 0.3 is 164 Å². The standard InChI is InChI=1S/C24H25GeN2.C5H8O2.Ir/c1-15-11-16(2)13-18(12-15)23-21-14-27-24-20(19(21)9-10-26-23)8-7-17(3)22(24)25(4,5)6;1-4(6)3-5(2)7;/h7-12,14H,1-6H3;3,6H,1-2H3;/q-1;;/b;4-3-;. The van der Waals surface area contributed by atoms with Crippen molar-refractivity contribution in [2.45, 2.75) is 51.9 Å². The minimum absolute atomic E-state index is 0. The molecule has 0 atom stereocenters. The van der Waals surface area contributed by atoms with E-state index in [1.54, 1.807) is 0 Å². The molecule has 4 rings (SSSR count). The number of nitrogens with zero attached hydrogens (tertiary/aromatic N) is 2. The van der Waals surface area contributed by atoms with E-state index in [9.17, 15) is 4.79 Å².